The number of halogens is 2. The Morgan fingerprint density at radius 2 is 2.06 bits per heavy atom. The van der Waals surface area contributed by atoms with E-state index >= 15 is 0 Å². The van der Waals surface area contributed by atoms with E-state index in [1.807, 2.05) is 0 Å². The molecule has 2 rings (SSSR count). The molecular weight excluding hydrogens is 244 g/mol. The molecule has 0 aliphatic heterocycles. The van der Waals surface area contributed by atoms with Gasteiger partial charge >= 0.3 is 5.97 Å². The highest BCUT2D eigenvalue weighted by atomic mass is 19.2. The summed E-state index contributed by atoms with van der Waals surface area (Å²) in [6.07, 6.45) is 0.524. The highest BCUT2D eigenvalue weighted by molar-refractivity contribution is 5.85. The molecule has 2 N–H and O–H groups in total. The predicted molar refractivity (Wildman–Crippen MR) is 57.9 cm³/mol. The summed E-state index contributed by atoms with van der Waals surface area (Å²) in [5.41, 5.74) is 0.560. The Morgan fingerprint density at radius 1 is 1.33 bits per heavy atom. The smallest absolute Gasteiger partial charge is 0.322 e. The van der Waals surface area contributed by atoms with Crippen molar-refractivity contribution in [2.45, 2.75) is 12.3 Å². The Bertz CT molecular complexity index is 504. The Hall–Kier alpha value is -1.98. The molecule has 4 nitrogen and oxygen atoms in total. The molecule has 96 valence electrons. The molecular formula is C12H11F2NO3. The van der Waals surface area contributed by atoms with Gasteiger partial charge < -0.3 is 10.4 Å². The largest absolute Gasteiger partial charge is 0.480 e. The summed E-state index contributed by atoms with van der Waals surface area (Å²) in [7, 11) is 0. The van der Waals surface area contributed by atoms with E-state index in [1.54, 1.807) is 0 Å². The minimum atomic E-state index is -1.12. The molecule has 0 heterocycles. The molecule has 1 aromatic carbocycles. The van der Waals surface area contributed by atoms with Crippen molar-refractivity contribution in [3.8, 4) is 0 Å². The fraction of sp³-hybridized carbons (Fsp3) is 0.333. The minimum Gasteiger partial charge on any atom is -0.480 e. The van der Waals surface area contributed by atoms with Crippen molar-refractivity contribution in [1.82, 2.24) is 5.32 Å². The maximum absolute atomic E-state index is 13.0. The molecule has 1 aliphatic carbocycles. The van der Waals surface area contributed by atoms with Crippen LogP contribution in [0, 0.1) is 17.6 Å². The zero-order chi connectivity index (χ0) is 13.3. The van der Waals surface area contributed by atoms with E-state index in [9.17, 15) is 18.4 Å². The van der Waals surface area contributed by atoms with Gasteiger partial charge in [-0.25, -0.2) is 8.78 Å². The van der Waals surface area contributed by atoms with Crippen molar-refractivity contribution in [3.63, 3.8) is 0 Å². The number of hydrogen-bond donors (Lipinski definition) is 2. The first-order chi connectivity index (χ1) is 8.49. The van der Waals surface area contributed by atoms with E-state index in [2.05, 4.69) is 5.32 Å². The fourth-order valence-electron chi connectivity index (χ4n) is 1.89. The Kier molecular flexibility index (Phi) is 3.27. The van der Waals surface area contributed by atoms with Crippen molar-refractivity contribution in [1.29, 1.82) is 0 Å². The average Bonchev–Trinajstić information content (AvgIpc) is 3.09. The average molecular weight is 255 g/mol. The molecule has 6 heteroatoms. The topological polar surface area (TPSA) is 66.4 Å². The molecule has 1 amide bonds. The Labute approximate surface area is 102 Å². The summed E-state index contributed by atoms with van der Waals surface area (Å²) < 4.78 is 25.7. The number of carbonyl (C=O) groups is 2. The van der Waals surface area contributed by atoms with E-state index in [0.29, 0.717) is 12.0 Å². The summed E-state index contributed by atoms with van der Waals surface area (Å²) in [4.78, 5) is 21.8. The van der Waals surface area contributed by atoms with Crippen molar-refractivity contribution in [2.75, 3.05) is 6.54 Å². The van der Waals surface area contributed by atoms with E-state index in [-0.39, 0.29) is 17.7 Å². The molecule has 1 fully saturated rings. The third-order valence-corrected chi connectivity index (χ3v) is 2.91. The van der Waals surface area contributed by atoms with E-state index in [1.165, 1.54) is 6.07 Å². The zero-order valence-corrected chi connectivity index (χ0v) is 9.32. The van der Waals surface area contributed by atoms with Crippen molar-refractivity contribution >= 4 is 11.9 Å². The maximum atomic E-state index is 13.0. The number of carboxylic acids is 1. The van der Waals surface area contributed by atoms with Crippen LogP contribution in [0.25, 0.3) is 0 Å². The number of benzene rings is 1. The van der Waals surface area contributed by atoms with Crippen molar-refractivity contribution < 1.29 is 23.5 Å². The first kappa shape index (κ1) is 12.5. The first-order valence-electron chi connectivity index (χ1n) is 5.43. The summed E-state index contributed by atoms with van der Waals surface area (Å²) in [6, 6.07) is 3.53. The van der Waals surface area contributed by atoms with Gasteiger partial charge in [0.2, 0.25) is 5.91 Å². The van der Waals surface area contributed by atoms with E-state index in [0.717, 1.165) is 12.1 Å². The predicted octanol–water partition coefficient (Wildman–Crippen LogP) is 1.27. The van der Waals surface area contributed by atoms with Crippen LogP contribution in [0.15, 0.2) is 18.2 Å². The molecule has 0 spiro atoms. The highest BCUT2D eigenvalue weighted by Gasteiger charge is 2.44. The third-order valence-electron chi connectivity index (χ3n) is 2.91. The molecule has 0 saturated heterocycles. The third kappa shape index (κ3) is 2.64. The van der Waals surface area contributed by atoms with Gasteiger partial charge in [-0.3, -0.25) is 9.59 Å². The number of hydrogen-bond acceptors (Lipinski definition) is 2. The quantitative estimate of drug-likeness (QED) is 0.851. The standard InChI is InChI=1S/C12H11F2NO3/c13-9-2-1-6(3-10(9)14)7-4-8(7)12(18)15-5-11(16)17/h1-3,7-8H,4-5H2,(H,15,18)(H,16,17). The number of nitrogens with one attached hydrogen (secondary N) is 1. The second-order valence-corrected chi connectivity index (χ2v) is 4.23. The number of aliphatic carboxylic acids is 1. The van der Waals surface area contributed by atoms with Crippen LogP contribution in [0.4, 0.5) is 8.78 Å². The van der Waals surface area contributed by atoms with Gasteiger partial charge in [-0.15, -0.1) is 0 Å². The van der Waals surface area contributed by atoms with Crippen molar-refractivity contribution in [2.24, 2.45) is 5.92 Å². The van der Waals surface area contributed by atoms with Crippen LogP contribution >= 0.6 is 0 Å². The Balaban J connectivity index is 1.96. The molecule has 0 radical (unpaired) electrons. The minimum absolute atomic E-state index is 0.158. The maximum Gasteiger partial charge on any atom is 0.322 e. The molecule has 2 atom stereocenters. The highest BCUT2D eigenvalue weighted by Crippen LogP contribution is 2.47. The number of amides is 1. The van der Waals surface area contributed by atoms with Gasteiger partial charge in [0.25, 0.3) is 0 Å². The van der Waals surface area contributed by atoms with Gasteiger partial charge in [-0.2, -0.15) is 0 Å². The lowest BCUT2D eigenvalue weighted by Gasteiger charge is -2.02. The lowest BCUT2D eigenvalue weighted by Crippen LogP contribution is -2.30. The lowest BCUT2D eigenvalue weighted by atomic mass is 10.1. The number of rotatable bonds is 4. The molecule has 1 aromatic rings. The monoisotopic (exact) mass is 255 g/mol. The molecule has 2 unspecified atom stereocenters. The van der Waals surface area contributed by atoms with Crippen LogP contribution < -0.4 is 5.32 Å². The molecule has 0 aromatic heterocycles. The van der Waals surface area contributed by atoms with Crippen LogP contribution in [0.1, 0.15) is 17.9 Å². The van der Waals surface area contributed by atoms with Crippen molar-refractivity contribution in [3.05, 3.63) is 35.4 Å². The van der Waals surface area contributed by atoms with Crippen LogP contribution in [-0.2, 0) is 9.59 Å². The SMILES string of the molecule is O=C(O)CNC(=O)C1CC1c1ccc(F)c(F)c1. The van der Waals surface area contributed by atoms with Gasteiger partial charge in [-0.05, 0) is 30.0 Å². The number of carbonyl (C=O) groups excluding carboxylic acids is 1. The summed E-state index contributed by atoms with van der Waals surface area (Å²) in [5, 5.41) is 10.7. The second kappa shape index (κ2) is 4.72. The molecule has 0 bridgehead atoms. The van der Waals surface area contributed by atoms with Crippen LogP contribution in [0.5, 0.6) is 0 Å². The number of carboxylic acid groups (broad SMARTS) is 1. The summed E-state index contributed by atoms with van der Waals surface area (Å²) >= 11 is 0. The van der Waals surface area contributed by atoms with Gasteiger partial charge in [0.05, 0.1) is 0 Å². The Morgan fingerprint density at radius 3 is 2.67 bits per heavy atom. The fourth-order valence-corrected chi connectivity index (χ4v) is 1.89. The van der Waals surface area contributed by atoms with Gasteiger partial charge in [0.15, 0.2) is 11.6 Å². The first-order valence-corrected chi connectivity index (χ1v) is 5.43. The molecule has 18 heavy (non-hydrogen) atoms. The van der Waals surface area contributed by atoms with Gasteiger partial charge in [0.1, 0.15) is 6.54 Å². The molecule has 1 aliphatic rings. The normalized spacial score (nSPS) is 21.4. The summed E-state index contributed by atoms with van der Waals surface area (Å²) in [6.45, 7) is -0.431. The van der Waals surface area contributed by atoms with Crippen LogP contribution in [0.2, 0.25) is 0 Å². The second-order valence-electron chi connectivity index (χ2n) is 4.23. The summed E-state index contributed by atoms with van der Waals surface area (Å²) in [5.74, 6) is -3.86. The zero-order valence-electron chi connectivity index (χ0n) is 9.32. The van der Waals surface area contributed by atoms with Crippen LogP contribution in [-0.4, -0.2) is 23.5 Å². The van der Waals surface area contributed by atoms with Gasteiger partial charge in [-0.1, -0.05) is 6.07 Å². The molecule has 1 saturated carbocycles. The van der Waals surface area contributed by atoms with Gasteiger partial charge in [0, 0.05) is 5.92 Å². The van der Waals surface area contributed by atoms with E-state index < -0.39 is 24.1 Å². The van der Waals surface area contributed by atoms with Crippen LogP contribution in [0.3, 0.4) is 0 Å². The van der Waals surface area contributed by atoms with E-state index in [4.69, 9.17) is 5.11 Å². The lowest BCUT2D eigenvalue weighted by molar-refractivity contribution is -0.138.